The van der Waals surface area contributed by atoms with Crippen molar-refractivity contribution in [1.82, 2.24) is 5.32 Å². The van der Waals surface area contributed by atoms with Crippen molar-refractivity contribution in [2.45, 2.75) is 238 Å². The molecule has 0 aliphatic carbocycles. The molecule has 10 heteroatoms. The summed E-state index contributed by atoms with van der Waals surface area (Å²) in [7, 11) is 1.46. The molecule has 0 aromatic heterocycles. The third-order valence-electron chi connectivity index (χ3n) is 11.7. The summed E-state index contributed by atoms with van der Waals surface area (Å²) >= 11 is 0. The van der Waals surface area contributed by atoms with Gasteiger partial charge in [-0.1, -0.05) is 197 Å². The zero-order chi connectivity index (χ0) is 49.4. The second-order valence-corrected chi connectivity index (χ2v) is 20.9. The zero-order valence-corrected chi connectivity index (χ0v) is 45.0. The quantitative estimate of drug-likeness (QED) is 0.0156. The minimum absolute atomic E-state index is 0.0309. The van der Waals surface area contributed by atoms with E-state index in [1.165, 1.54) is 83.5 Å². The van der Waals surface area contributed by atoms with Crippen LogP contribution in [0.4, 0.5) is 0 Å². The summed E-state index contributed by atoms with van der Waals surface area (Å²) in [4.78, 5) is 37.5. The molecule has 0 rings (SSSR count). The molecule has 388 valence electrons. The Hall–Kier alpha value is -2.55. The topological polar surface area (TPSA) is 111 Å². The van der Waals surface area contributed by atoms with Gasteiger partial charge in [-0.3, -0.25) is 18.6 Å². The van der Waals surface area contributed by atoms with Crippen molar-refractivity contribution >= 4 is 19.7 Å². The van der Waals surface area contributed by atoms with Gasteiger partial charge in [0.1, 0.15) is 19.3 Å². The Morgan fingerprint density at radius 1 is 0.552 bits per heavy atom. The molecule has 0 aromatic rings. The Morgan fingerprint density at radius 3 is 1.55 bits per heavy atom. The van der Waals surface area contributed by atoms with Crippen molar-refractivity contribution in [3.05, 3.63) is 72.9 Å². The summed E-state index contributed by atoms with van der Waals surface area (Å²) in [5.74, 6) is -0.549. The molecular formula is C57H104N2O7P+. The van der Waals surface area contributed by atoms with Gasteiger partial charge in [-0.2, -0.15) is 0 Å². The van der Waals surface area contributed by atoms with Gasteiger partial charge in [-0.05, 0) is 89.5 Å². The Morgan fingerprint density at radius 2 is 1.00 bits per heavy atom. The number of rotatable bonds is 48. The number of carbonyl (C=O) groups excluding carboxylic acids is 2. The first-order chi connectivity index (χ1) is 32.4. The fourth-order valence-corrected chi connectivity index (χ4v) is 8.15. The number of quaternary nitrogens is 1. The molecule has 2 N–H and O–H groups in total. The van der Waals surface area contributed by atoms with E-state index in [2.05, 4.69) is 86.8 Å². The van der Waals surface area contributed by atoms with Crippen molar-refractivity contribution in [3.63, 3.8) is 0 Å². The predicted molar refractivity (Wildman–Crippen MR) is 286 cm³/mol. The van der Waals surface area contributed by atoms with Gasteiger partial charge in [0.05, 0.1) is 33.8 Å². The zero-order valence-electron chi connectivity index (χ0n) is 44.1. The second-order valence-electron chi connectivity index (χ2n) is 19.4. The Labute approximate surface area is 413 Å². The number of hydrogen-bond donors (Lipinski definition) is 2. The maximum absolute atomic E-state index is 13.4. The normalized spacial score (nSPS) is 14.4. The first-order valence-corrected chi connectivity index (χ1v) is 28.8. The number of unbranched alkanes of at least 4 members (excludes halogenated alkanes) is 23. The van der Waals surface area contributed by atoms with Crippen molar-refractivity contribution in [3.8, 4) is 0 Å². The average molecular weight is 960 g/mol. The molecule has 3 atom stereocenters. The van der Waals surface area contributed by atoms with E-state index in [0.29, 0.717) is 17.4 Å². The highest BCUT2D eigenvalue weighted by atomic mass is 31.2. The fourth-order valence-electron chi connectivity index (χ4n) is 7.41. The standard InChI is InChI=1S/C57H103N2O7P/c1-7-10-13-16-19-22-25-28-30-32-35-38-41-44-47-50-57(61)66-55(48-45-42-39-36-33-27-24-21-18-15-12-9-3)54(53-65-67(62,63)64-52-51-59(4,5)6)58-56(60)49-46-43-40-37-34-31-29-26-23-20-17-14-11-8-2/h11,14,19-20,22-23,25,28-29,31,45,48,54-55H,7-10,12-13,15-18,21,24,26-27,30,32-44,46-47,49-53H2,1-6H3,(H-,58,60,62,63)/p+1/b14-11+,22-19+,23-20+,28-25+,31-29+,48-45+. The highest BCUT2D eigenvalue weighted by molar-refractivity contribution is 7.47. The highest BCUT2D eigenvalue weighted by Gasteiger charge is 2.30. The minimum Gasteiger partial charge on any atom is -0.456 e. The molecule has 0 saturated heterocycles. The molecule has 1 amide bonds. The number of hydrogen-bond acceptors (Lipinski definition) is 6. The summed E-state index contributed by atoms with van der Waals surface area (Å²) < 4.78 is 30.5. The molecule has 0 aliphatic heterocycles. The van der Waals surface area contributed by atoms with E-state index in [9.17, 15) is 19.0 Å². The van der Waals surface area contributed by atoms with Crippen LogP contribution in [-0.2, 0) is 27.9 Å². The van der Waals surface area contributed by atoms with Crippen LogP contribution in [0.25, 0.3) is 0 Å². The third kappa shape index (κ3) is 48.3. The number of phosphoric acid groups is 1. The Bertz CT molecular complexity index is 1380. The van der Waals surface area contributed by atoms with Crippen molar-refractivity contribution in [2.24, 2.45) is 0 Å². The summed E-state index contributed by atoms with van der Waals surface area (Å²) in [6.45, 7) is 6.82. The third-order valence-corrected chi connectivity index (χ3v) is 12.6. The molecule has 0 bridgehead atoms. The van der Waals surface area contributed by atoms with E-state index in [-0.39, 0.29) is 31.5 Å². The van der Waals surface area contributed by atoms with Crippen molar-refractivity contribution in [2.75, 3.05) is 40.9 Å². The minimum atomic E-state index is -4.45. The molecule has 0 heterocycles. The number of carbonyl (C=O) groups is 2. The van der Waals surface area contributed by atoms with E-state index < -0.39 is 20.0 Å². The lowest BCUT2D eigenvalue weighted by Crippen LogP contribution is -2.47. The van der Waals surface area contributed by atoms with Crippen LogP contribution in [0.3, 0.4) is 0 Å². The summed E-state index contributed by atoms with van der Waals surface area (Å²) in [6.07, 6.45) is 58.9. The smallest absolute Gasteiger partial charge is 0.456 e. The summed E-state index contributed by atoms with van der Waals surface area (Å²) in [5.41, 5.74) is 0. The number of amides is 1. The van der Waals surface area contributed by atoms with Crippen LogP contribution >= 0.6 is 7.82 Å². The van der Waals surface area contributed by atoms with Gasteiger partial charge in [0.25, 0.3) is 0 Å². The maximum Gasteiger partial charge on any atom is 0.472 e. The van der Waals surface area contributed by atoms with Gasteiger partial charge in [-0.15, -0.1) is 0 Å². The monoisotopic (exact) mass is 960 g/mol. The summed E-state index contributed by atoms with van der Waals surface area (Å²) in [5, 5.41) is 3.02. The van der Waals surface area contributed by atoms with Crippen LogP contribution in [0, 0.1) is 0 Å². The highest BCUT2D eigenvalue weighted by Crippen LogP contribution is 2.43. The first kappa shape index (κ1) is 64.5. The van der Waals surface area contributed by atoms with Crippen LogP contribution in [0.5, 0.6) is 0 Å². The number of likely N-dealkylation sites (N-methyl/N-ethyl adjacent to an activating group) is 1. The predicted octanol–water partition coefficient (Wildman–Crippen LogP) is 16.1. The van der Waals surface area contributed by atoms with E-state index in [0.717, 1.165) is 109 Å². The largest absolute Gasteiger partial charge is 0.472 e. The number of nitrogens with one attached hydrogen (secondary N) is 1. The molecular weight excluding hydrogens is 856 g/mol. The van der Waals surface area contributed by atoms with Crippen LogP contribution in [0.2, 0.25) is 0 Å². The van der Waals surface area contributed by atoms with Crippen LogP contribution in [0.1, 0.15) is 226 Å². The van der Waals surface area contributed by atoms with Crippen molar-refractivity contribution in [1.29, 1.82) is 0 Å². The number of ether oxygens (including phenoxy) is 1. The second kappa shape index (κ2) is 47.1. The molecule has 3 unspecified atom stereocenters. The SMILES string of the molecule is CC/C=C/C/C=C/C/C=C/CCCCCCC(=O)NC(COP(=O)(O)OCC[N+](C)(C)C)C(/C=C/CCCCCCCCCCCC)OC(=O)CCCCCCCC/C=C/C=C/CCCCC. The van der Waals surface area contributed by atoms with E-state index in [4.69, 9.17) is 13.8 Å². The van der Waals surface area contributed by atoms with Crippen LogP contribution < -0.4 is 5.32 Å². The van der Waals surface area contributed by atoms with Crippen LogP contribution in [-0.4, -0.2) is 74.3 Å². The molecule has 67 heavy (non-hydrogen) atoms. The molecule has 0 radical (unpaired) electrons. The van der Waals surface area contributed by atoms with Gasteiger partial charge in [0.15, 0.2) is 0 Å². The Kier molecular flexibility index (Phi) is 45.3. The molecule has 0 saturated carbocycles. The van der Waals surface area contributed by atoms with Crippen LogP contribution in [0.15, 0.2) is 72.9 Å². The average Bonchev–Trinajstić information content (AvgIpc) is 3.28. The molecule has 0 aliphatic rings. The molecule has 0 aromatic carbocycles. The molecule has 9 nitrogen and oxygen atoms in total. The Balaban J connectivity index is 5.46. The van der Waals surface area contributed by atoms with Gasteiger partial charge in [-0.25, -0.2) is 4.57 Å². The number of phosphoric ester groups is 1. The number of nitrogens with zero attached hydrogens (tertiary/aromatic N) is 1. The van der Waals surface area contributed by atoms with E-state index >= 15 is 0 Å². The fraction of sp³-hybridized carbons (Fsp3) is 0.754. The van der Waals surface area contributed by atoms with Gasteiger partial charge >= 0.3 is 13.8 Å². The maximum atomic E-state index is 13.4. The lowest BCUT2D eigenvalue weighted by atomic mass is 10.0. The number of allylic oxidation sites excluding steroid dienone is 11. The summed E-state index contributed by atoms with van der Waals surface area (Å²) in [6, 6.07) is -0.865. The lowest BCUT2D eigenvalue weighted by Gasteiger charge is -2.27. The first-order valence-electron chi connectivity index (χ1n) is 27.3. The van der Waals surface area contributed by atoms with Gasteiger partial charge < -0.3 is 19.4 Å². The van der Waals surface area contributed by atoms with Crippen molar-refractivity contribution < 1.29 is 37.3 Å². The van der Waals surface area contributed by atoms with E-state index in [1.807, 2.05) is 33.3 Å². The van der Waals surface area contributed by atoms with Gasteiger partial charge in [0.2, 0.25) is 5.91 Å². The lowest BCUT2D eigenvalue weighted by molar-refractivity contribution is -0.870. The van der Waals surface area contributed by atoms with E-state index in [1.54, 1.807) is 0 Å². The number of esters is 1. The molecule has 0 spiro atoms. The molecule has 0 fully saturated rings. The van der Waals surface area contributed by atoms with Gasteiger partial charge in [0, 0.05) is 12.8 Å².